The van der Waals surface area contributed by atoms with Crippen LogP contribution in [-0.2, 0) is 25.9 Å². The van der Waals surface area contributed by atoms with Crippen LogP contribution in [0.5, 0.6) is 0 Å². The summed E-state index contributed by atoms with van der Waals surface area (Å²) in [5.41, 5.74) is 2.16. The van der Waals surface area contributed by atoms with E-state index in [2.05, 4.69) is 46.4 Å². The van der Waals surface area contributed by atoms with Crippen molar-refractivity contribution in [3.63, 3.8) is 0 Å². The minimum Gasteiger partial charge on any atom is -0.303 e. The topological polar surface area (TPSA) is 64.7 Å². The van der Waals surface area contributed by atoms with Gasteiger partial charge in [0.1, 0.15) is 0 Å². The molecule has 2 heterocycles. The summed E-state index contributed by atoms with van der Waals surface area (Å²) in [6, 6.07) is 0. The number of aromatic nitrogens is 6. The lowest BCUT2D eigenvalue weighted by atomic mass is 10.3. The summed E-state index contributed by atoms with van der Waals surface area (Å²) in [4.78, 5) is 2.28. The Kier molecular flexibility index (Phi) is 6.51. The van der Waals surface area contributed by atoms with Gasteiger partial charge in [0.2, 0.25) is 0 Å². The molecule has 22 heavy (non-hydrogen) atoms. The first kappa shape index (κ1) is 16.6. The van der Waals surface area contributed by atoms with Gasteiger partial charge in [-0.1, -0.05) is 37.1 Å². The maximum Gasteiger partial charge on any atom is 0.0827 e. The van der Waals surface area contributed by atoms with E-state index in [1.54, 1.807) is 0 Å². The first-order chi connectivity index (χ1) is 10.7. The van der Waals surface area contributed by atoms with E-state index in [4.69, 9.17) is 0 Å². The lowest BCUT2D eigenvalue weighted by molar-refractivity contribution is 0.292. The fourth-order valence-electron chi connectivity index (χ4n) is 2.30. The minimum atomic E-state index is 0.867. The average molecular weight is 305 g/mol. The molecule has 0 spiro atoms. The van der Waals surface area contributed by atoms with E-state index in [0.717, 1.165) is 63.3 Å². The van der Waals surface area contributed by atoms with Crippen LogP contribution in [0.2, 0.25) is 0 Å². The van der Waals surface area contributed by atoms with E-state index in [9.17, 15) is 0 Å². The third-order valence-corrected chi connectivity index (χ3v) is 3.61. The summed E-state index contributed by atoms with van der Waals surface area (Å²) in [6.07, 6.45) is 8.31. The Morgan fingerprint density at radius 3 is 1.73 bits per heavy atom. The van der Waals surface area contributed by atoms with Gasteiger partial charge in [0.05, 0.1) is 24.5 Å². The summed E-state index contributed by atoms with van der Waals surface area (Å²) >= 11 is 0. The second-order valence-electron chi connectivity index (χ2n) is 5.75. The lowest BCUT2D eigenvalue weighted by Crippen LogP contribution is -2.27. The SMILES string of the molecule is CCCc1cn(CCN(C)CCn2cc(CCC)nn2)nn1. The number of hydrogen-bond donors (Lipinski definition) is 0. The molecule has 0 radical (unpaired) electrons. The molecule has 2 rings (SSSR count). The van der Waals surface area contributed by atoms with Crippen molar-refractivity contribution in [2.45, 2.75) is 52.6 Å². The fourth-order valence-corrected chi connectivity index (χ4v) is 2.30. The molecule has 7 heteroatoms. The number of hydrogen-bond acceptors (Lipinski definition) is 5. The molecule has 2 aromatic rings. The molecular formula is C15H27N7. The zero-order valence-corrected chi connectivity index (χ0v) is 13.9. The molecule has 0 saturated heterocycles. The Hall–Kier alpha value is -1.76. The van der Waals surface area contributed by atoms with Crippen molar-refractivity contribution in [1.82, 2.24) is 34.9 Å². The predicted octanol–water partition coefficient (Wildman–Crippen LogP) is 1.41. The van der Waals surface area contributed by atoms with E-state index < -0.39 is 0 Å². The molecule has 0 amide bonds. The van der Waals surface area contributed by atoms with Gasteiger partial charge in [0.15, 0.2) is 0 Å². The van der Waals surface area contributed by atoms with E-state index in [1.807, 2.05) is 21.8 Å². The Balaban J connectivity index is 1.69. The molecule has 0 aliphatic heterocycles. The van der Waals surface area contributed by atoms with Crippen molar-refractivity contribution in [2.75, 3.05) is 20.1 Å². The van der Waals surface area contributed by atoms with Crippen LogP contribution in [0, 0.1) is 0 Å². The normalized spacial score (nSPS) is 11.5. The first-order valence-corrected chi connectivity index (χ1v) is 8.17. The molecule has 0 atom stereocenters. The molecular weight excluding hydrogens is 278 g/mol. The van der Waals surface area contributed by atoms with Gasteiger partial charge in [-0.15, -0.1) is 10.2 Å². The monoisotopic (exact) mass is 305 g/mol. The molecule has 7 nitrogen and oxygen atoms in total. The van der Waals surface area contributed by atoms with Gasteiger partial charge >= 0.3 is 0 Å². The van der Waals surface area contributed by atoms with Gasteiger partial charge in [-0.05, 0) is 19.9 Å². The smallest absolute Gasteiger partial charge is 0.0827 e. The van der Waals surface area contributed by atoms with Crippen LogP contribution in [0.25, 0.3) is 0 Å². The van der Waals surface area contributed by atoms with Crippen LogP contribution in [0.4, 0.5) is 0 Å². The summed E-state index contributed by atoms with van der Waals surface area (Å²) in [6.45, 7) is 7.94. The molecule has 0 aromatic carbocycles. The second-order valence-corrected chi connectivity index (χ2v) is 5.75. The summed E-state index contributed by atoms with van der Waals surface area (Å²) in [5, 5.41) is 16.7. The zero-order valence-electron chi connectivity index (χ0n) is 13.9. The first-order valence-electron chi connectivity index (χ1n) is 8.17. The highest BCUT2D eigenvalue weighted by Crippen LogP contribution is 1.99. The number of rotatable bonds is 10. The van der Waals surface area contributed by atoms with Crippen molar-refractivity contribution >= 4 is 0 Å². The molecule has 0 aliphatic rings. The van der Waals surface area contributed by atoms with Gasteiger partial charge in [0.25, 0.3) is 0 Å². The van der Waals surface area contributed by atoms with Crippen molar-refractivity contribution in [3.05, 3.63) is 23.8 Å². The van der Waals surface area contributed by atoms with Crippen molar-refractivity contribution < 1.29 is 0 Å². The van der Waals surface area contributed by atoms with E-state index in [-0.39, 0.29) is 0 Å². The van der Waals surface area contributed by atoms with Gasteiger partial charge in [-0.25, -0.2) is 0 Å². The average Bonchev–Trinajstić information content (AvgIpc) is 3.13. The Bertz CT molecular complexity index is 497. The summed E-state index contributed by atoms with van der Waals surface area (Å²) < 4.78 is 3.85. The third-order valence-electron chi connectivity index (χ3n) is 3.61. The quantitative estimate of drug-likeness (QED) is 0.664. The number of likely N-dealkylation sites (N-methyl/N-ethyl adjacent to an activating group) is 1. The minimum absolute atomic E-state index is 0.867. The van der Waals surface area contributed by atoms with Crippen LogP contribution in [0.1, 0.15) is 38.1 Å². The number of aryl methyl sites for hydroxylation is 2. The highest BCUT2D eigenvalue weighted by Gasteiger charge is 2.04. The highest BCUT2D eigenvalue weighted by atomic mass is 15.4. The molecule has 2 aromatic heterocycles. The lowest BCUT2D eigenvalue weighted by Gasteiger charge is -2.15. The summed E-state index contributed by atoms with van der Waals surface area (Å²) in [7, 11) is 2.12. The van der Waals surface area contributed by atoms with Gasteiger partial charge in [0, 0.05) is 25.5 Å². The van der Waals surface area contributed by atoms with Crippen LogP contribution in [-0.4, -0.2) is 55.0 Å². The third kappa shape index (κ3) is 5.22. The Labute approximate surface area is 132 Å². The Morgan fingerprint density at radius 2 is 1.32 bits per heavy atom. The zero-order chi connectivity index (χ0) is 15.8. The molecule has 0 bridgehead atoms. The summed E-state index contributed by atoms with van der Waals surface area (Å²) in [5.74, 6) is 0. The molecule has 0 unspecified atom stereocenters. The van der Waals surface area contributed by atoms with Crippen LogP contribution in [0.15, 0.2) is 12.4 Å². The van der Waals surface area contributed by atoms with Crippen molar-refractivity contribution in [3.8, 4) is 0 Å². The number of nitrogens with zero attached hydrogens (tertiary/aromatic N) is 7. The molecule has 0 N–H and O–H groups in total. The standard InChI is InChI=1S/C15H27N7/c1-4-6-14-12-21(18-16-14)10-8-20(3)9-11-22-13-15(7-5-2)17-19-22/h12-13H,4-11H2,1-3H3. The van der Waals surface area contributed by atoms with Crippen molar-refractivity contribution in [2.24, 2.45) is 0 Å². The predicted molar refractivity (Wildman–Crippen MR) is 85.5 cm³/mol. The molecule has 0 aliphatic carbocycles. The molecule has 0 saturated carbocycles. The van der Waals surface area contributed by atoms with Gasteiger partial charge in [-0.2, -0.15) is 0 Å². The maximum atomic E-state index is 4.17. The van der Waals surface area contributed by atoms with Crippen LogP contribution < -0.4 is 0 Å². The van der Waals surface area contributed by atoms with E-state index in [0.29, 0.717) is 0 Å². The maximum absolute atomic E-state index is 4.17. The highest BCUT2D eigenvalue weighted by molar-refractivity contribution is 4.92. The van der Waals surface area contributed by atoms with Crippen LogP contribution in [0.3, 0.4) is 0 Å². The van der Waals surface area contributed by atoms with E-state index >= 15 is 0 Å². The van der Waals surface area contributed by atoms with Gasteiger partial charge < -0.3 is 4.90 Å². The largest absolute Gasteiger partial charge is 0.303 e. The van der Waals surface area contributed by atoms with Gasteiger partial charge in [-0.3, -0.25) is 9.36 Å². The Morgan fingerprint density at radius 1 is 0.864 bits per heavy atom. The van der Waals surface area contributed by atoms with Crippen molar-refractivity contribution in [1.29, 1.82) is 0 Å². The van der Waals surface area contributed by atoms with Crippen LogP contribution >= 0.6 is 0 Å². The second kappa shape index (κ2) is 8.63. The molecule has 0 fully saturated rings. The molecule has 122 valence electrons. The fraction of sp³-hybridized carbons (Fsp3) is 0.733. The van der Waals surface area contributed by atoms with E-state index in [1.165, 1.54) is 0 Å².